The summed E-state index contributed by atoms with van der Waals surface area (Å²) in [5.41, 5.74) is 4.05. The lowest BCUT2D eigenvalue weighted by atomic mass is 9.86. The van der Waals surface area contributed by atoms with Crippen molar-refractivity contribution in [1.29, 1.82) is 0 Å². The minimum absolute atomic E-state index is 0.0115. The van der Waals surface area contributed by atoms with E-state index in [4.69, 9.17) is 9.72 Å². The van der Waals surface area contributed by atoms with Crippen LogP contribution in [-0.4, -0.2) is 41.5 Å². The van der Waals surface area contributed by atoms with E-state index in [2.05, 4.69) is 50.4 Å². The maximum absolute atomic E-state index is 13.0. The SMILES string of the molecule is COCCNC(=O)CCCCSc1nc(C)c(Cc2ccc(C(C)(C)C)cc2)c(=O)n1C. The fourth-order valence-corrected chi connectivity index (χ4v) is 4.33. The van der Waals surface area contributed by atoms with Gasteiger partial charge in [-0.25, -0.2) is 4.98 Å². The number of ether oxygens (including phenoxy) is 1. The van der Waals surface area contributed by atoms with Crippen LogP contribution in [0, 0.1) is 6.92 Å². The molecule has 0 aliphatic heterocycles. The van der Waals surface area contributed by atoms with Crippen molar-refractivity contribution < 1.29 is 9.53 Å². The molecule has 0 saturated heterocycles. The predicted molar refractivity (Wildman–Crippen MR) is 132 cm³/mol. The molecule has 2 rings (SSSR count). The topological polar surface area (TPSA) is 73.2 Å². The van der Waals surface area contributed by atoms with E-state index in [1.807, 2.05) is 6.92 Å². The molecule has 2 aromatic rings. The maximum Gasteiger partial charge on any atom is 0.257 e. The van der Waals surface area contributed by atoms with Crippen molar-refractivity contribution in [3.63, 3.8) is 0 Å². The molecule has 0 radical (unpaired) electrons. The number of nitrogens with zero attached hydrogens (tertiary/aromatic N) is 2. The number of carbonyl (C=O) groups is 1. The van der Waals surface area contributed by atoms with Crippen LogP contribution in [0.2, 0.25) is 0 Å². The summed E-state index contributed by atoms with van der Waals surface area (Å²) in [5.74, 6) is 0.867. The van der Waals surface area contributed by atoms with E-state index in [0.29, 0.717) is 26.0 Å². The molecule has 1 heterocycles. The van der Waals surface area contributed by atoms with Crippen molar-refractivity contribution in [1.82, 2.24) is 14.9 Å². The summed E-state index contributed by atoms with van der Waals surface area (Å²) in [6.07, 6.45) is 2.78. The Labute approximate surface area is 196 Å². The summed E-state index contributed by atoms with van der Waals surface area (Å²) in [7, 11) is 3.40. The lowest BCUT2D eigenvalue weighted by molar-refractivity contribution is -0.121. The minimum atomic E-state index is 0.0115. The van der Waals surface area contributed by atoms with Gasteiger partial charge in [-0.1, -0.05) is 56.8 Å². The Kier molecular flexibility index (Phi) is 9.97. The molecule has 0 bridgehead atoms. The first-order valence-corrected chi connectivity index (χ1v) is 12.2. The van der Waals surface area contributed by atoms with Crippen LogP contribution in [-0.2, 0) is 28.4 Å². The van der Waals surface area contributed by atoms with Crippen molar-refractivity contribution in [2.45, 2.75) is 63.9 Å². The van der Waals surface area contributed by atoms with Gasteiger partial charge in [-0.15, -0.1) is 0 Å². The zero-order valence-corrected chi connectivity index (χ0v) is 21.1. The van der Waals surface area contributed by atoms with Crippen LogP contribution in [0.3, 0.4) is 0 Å². The van der Waals surface area contributed by atoms with Gasteiger partial charge in [0.1, 0.15) is 0 Å². The monoisotopic (exact) mass is 459 g/mol. The molecule has 0 aliphatic rings. The maximum atomic E-state index is 13.0. The zero-order valence-electron chi connectivity index (χ0n) is 20.3. The van der Waals surface area contributed by atoms with E-state index in [1.165, 1.54) is 5.56 Å². The number of amides is 1. The molecule has 1 aromatic carbocycles. The van der Waals surface area contributed by atoms with Gasteiger partial charge in [0.25, 0.3) is 5.56 Å². The van der Waals surface area contributed by atoms with Crippen LogP contribution in [0.15, 0.2) is 34.2 Å². The van der Waals surface area contributed by atoms with Crippen molar-refractivity contribution in [2.75, 3.05) is 26.0 Å². The fourth-order valence-electron chi connectivity index (χ4n) is 3.32. The van der Waals surface area contributed by atoms with Gasteiger partial charge in [0, 0.05) is 50.6 Å². The molecule has 0 atom stereocenters. The van der Waals surface area contributed by atoms with Gasteiger partial charge in [-0.3, -0.25) is 14.2 Å². The molecule has 0 fully saturated rings. The number of thioether (sulfide) groups is 1. The zero-order chi connectivity index (χ0) is 23.7. The molecule has 32 heavy (non-hydrogen) atoms. The number of nitrogens with one attached hydrogen (secondary N) is 1. The molecule has 1 amide bonds. The number of carbonyl (C=O) groups excluding carboxylic acids is 1. The summed E-state index contributed by atoms with van der Waals surface area (Å²) in [4.78, 5) is 29.4. The van der Waals surface area contributed by atoms with Crippen molar-refractivity contribution >= 4 is 17.7 Å². The average molecular weight is 460 g/mol. The first kappa shape index (κ1) is 26.1. The van der Waals surface area contributed by atoms with Crippen LogP contribution in [0.25, 0.3) is 0 Å². The molecule has 0 aliphatic carbocycles. The Hall–Kier alpha value is -2.12. The van der Waals surface area contributed by atoms with E-state index in [0.717, 1.165) is 40.6 Å². The van der Waals surface area contributed by atoms with Crippen molar-refractivity contribution in [3.05, 3.63) is 57.0 Å². The quantitative estimate of drug-likeness (QED) is 0.312. The second-order valence-electron chi connectivity index (χ2n) is 9.09. The number of benzene rings is 1. The fraction of sp³-hybridized carbons (Fsp3) is 0.560. The lowest BCUT2D eigenvalue weighted by Gasteiger charge is -2.19. The molecular formula is C25H37N3O3S. The third-order valence-electron chi connectivity index (χ3n) is 5.41. The predicted octanol–water partition coefficient (Wildman–Crippen LogP) is 4.00. The van der Waals surface area contributed by atoms with Crippen molar-refractivity contribution in [2.24, 2.45) is 7.05 Å². The smallest absolute Gasteiger partial charge is 0.257 e. The summed E-state index contributed by atoms with van der Waals surface area (Å²) in [5, 5.41) is 3.55. The number of rotatable bonds is 11. The minimum Gasteiger partial charge on any atom is -0.383 e. The Morgan fingerprint density at radius 3 is 2.50 bits per heavy atom. The highest BCUT2D eigenvalue weighted by Gasteiger charge is 2.15. The Bertz CT molecular complexity index is 947. The second kappa shape index (κ2) is 12.2. The number of aromatic nitrogens is 2. The highest BCUT2D eigenvalue weighted by molar-refractivity contribution is 7.99. The van der Waals surface area contributed by atoms with Gasteiger partial charge in [-0.05, 0) is 36.3 Å². The van der Waals surface area contributed by atoms with Gasteiger partial charge >= 0.3 is 0 Å². The third-order valence-corrected chi connectivity index (χ3v) is 6.52. The van der Waals surface area contributed by atoms with Crippen LogP contribution in [0.1, 0.15) is 62.4 Å². The lowest BCUT2D eigenvalue weighted by Crippen LogP contribution is -2.26. The van der Waals surface area contributed by atoms with E-state index < -0.39 is 0 Å². The summed E-state index contributed by atoms with van der Waals surface area (Å²) in [6.45, 7) is 9.57. The van der Waals surface area contributed by atoms with Gasteiger partial charge in [0.05, 0.1) is 6.61 Å². The standard InChI is InChI=1S/C25H37N3O3S/c1-18-21(17-19-10-12-20(13-11-19)25(2,3)4)23(30)28(5)24(27-18)32-16-8-7-9-22(29)26-14-15-31-6/h10-13H,7-9,14-17H2,1-6H3,(H,26,29). The number of aryl methyl sites for hydroxylation is 1. The van der Waals surface area contributed by atoms with Crippen LogP contribution in [0.4, 0.5) is 0 Å². The van der Waals surface area contributed by atoms with Gasteiger partial charge in [-0.2, -0.15) is 0 Å². The van der Waals surface area contributed by atoms with E-state index in [-0.39, 0.29) is 16.9 Å². The number of hydrogen-bond donors (Lipinski definition) is 1. The van der Waals surface area contributed by atoms with Gasteiger partial charge < -0.3 is 10.1 Å². The van der Waals surface area contributed by atoms with E-state index in [9.17, 15) is 9.59 Å². The van der Waals surface area contributed by atoms with Crippen LogP contribution >= 0.6 is 11.8 Å². The Morgan fingerprint density at radius 1 is 1.19 bits per heavy atom. The summed E-state index contributed by atoms with van der Waals surface area (Å²) >= 11 is 1.57. The number of hydrogen-bond acceptors (Lipinski definition) is 5. The van der Waals surface area contributed by atoms with Gasteiger partial charge in [0.2, 0.25) is 5.91 Å². The summed E-state index contributed by atoms with van der Waals surface area (Å²) in [6, 6.07) is 8.50. The molecule has 1 aromatic heterocycles. The molecule has 176 valence electrons. The average Bonchev–Trinajstić information content (AvgIpc) is 2.74. The number of methoxy groups -OCH3 is 1. The first-order chi connectivity index (χ1) is 15.1. The molecule has 0 unspecified atom stereocenters. The Balaban J connectivity index is 1.93. The molecule has 0 spiro atoms. The number of unbranched alkanes of at least 4 members (excludes halogenated alkanes) is 1. The normalized spacial score (nSPS) is 11.6. The first-order valence-electron chi connectivity index (χ1n) is 11.2. The molecule has 7 heteroatoms. The van der Waals surface area contributed by atoms with E-state index in [1.54, 1.807) is 30.5 Å². The van der Waals surface area contributed by atoms with Crippen LogP contribution < -0.4 is 10.9 Å². The molecule has 6 nitrogen and oxygen atoms in total. The summed E-state index contributed by atoms with van der Waals surface area (Å²) < 4.78 is 6.57. The van der Waals surface area contributed by atoms with Crippen molar-refractivity contribution in [3.8, 4) is 0 Å². The second-order valence-corrected chi connectivity index (χ2v) is 10.2. The third kappa shape index (κ3) is 7.78. The highest BCUT2D eigenvalue weighted by Crippen LogP contribution is 2.23. The largest absolute Gasteiger partial charge is 0.383 e. The van der Waals surface area contributed by atoms with Crippen LogP contribution in [0.5, 0.6) is 0 Å². The van der Waals surface area contributed by atoms with E-state index >= 15 is 0 Å². The van der Waals surface area contributed by atoms with Gasteiger partial charge in [0.15, 0.2) is 5.16 Å². The molecular weight excluding hydrogens is 422 g/mol. The highest BCUT2D eigenvalue weighted by atomic mass is 32.2. The Morgan fingerprint density at radius 2 is 1.88 bits per heavy atom. The molecule has 0 saturated carbocycles. The molecule has 1 N–H and O–H groups in total.